The monoisotopic (exact) mass is 283 g/mol. The van der Waals surface area contributed by atoms with Crippen molar-refractivity contribution in [1.29, 1.82) is 0 Å². The summed E-state index contributed by atoms with van der Waals surface area (Å²) >= 11 is 1.86. The Hall–Kier alpha value is -1.40. The number of carboxylic acid groups (broad SMARTS) is 1. The average molecular weight is 283 g/mol. The Balaban J connectivity index is 2.18. The molecule has 1 saturated heterocycles. The van der Waals surface area contributed by atoms with Crippen LogP contribution in [0.5, 0.6) is 11.5 Å². The molecule has 2 unspecified atom stereocenters. The predicted molar refractivity (Wildman–Crippen MR) is 73.9 cm³/mol. The van der Waals surface area contributed by atoms with E-state index in [-0.39, 0.29) is 6.10 Å². The highest BCUT2D eigenvalue weighted by atomic mass is 32.2. The molecular weight excluding hydrogens is 266 g/mol. The first-order valence-electron chi connectivity index (χ1n) is 6.02. The molecule has 3 N–H and O–H groups in total. The van der Waals surface area contributed by atoms with E-state index in [2.05, 4.69) is 0 Å². The Bertz CT molecular complexity index is 460. The van der Waals surface area contributed by atoms with Crippen LogP contribution in [0.2, 0.25) is 0 Å². The minimum atomic E-state index is -1.07. The molecule has 1 aromatic carbocycles. The number of hydrogen-bond acceptors (Lipinski definition) is 5. The quantitative estimate of drug-likeness (QED) is 0.855. The highest BCUT2D eigenvalue weighted by Crippen LogP contribution is 2.33. The number of carbonyl (C=O) groups is 1. The fraction of sp³-hybridized carbons (Fsp3) is 0.462. The van der Waals surface area contributed by atoms with Crippen LogP contribution in [0.1, 0.15) is 18.0 Å². The molecule has 2 rings (SSSR count). The number of ether oxygens (including phenoxy) is 2. The van der Waals surface area contributed by atoms with E-state index >= 15 is 0 Å². The summed E-state index contributed by atoms with van der Waals surface area (Å²) in [5.41, 5.74) is 6.07. The molecule has 0 aromatic heterocycles. The molecule has 1 aromatic rings. The molecule has 1 fully saturated rings. The van der Waals surface area contributed by atoms with Gasteiger partial charge in [-0.25, -0.2) is 0 Å². The van der Waals surface area contributed by atoms with Gasteiger partial charge in [0.15, 0.2) is 11.5 Å². The van der Waals surface area contributed by atoms with Gasteiger partial charge in [0, 0.05) is 5.75 Å². The van der Waals surface area contributed by atoms with Crippen molar-refractivity contribution in [1.82, 2.24) is 0 Å². The lowest BCUT2D eigenvalue weighted by Gasteiger charge is -2.17. The van der Waals surface area contributed by atoms with Crippen molar-refractivity contribution >= 4 is 17.7 Å². The van der Waals surface area contributed by atoms with Crippen LogP contribution in [-0.2, 0) is 4.79 Å². The van der Waals surface area contributed by atoms with Crippen molar-refractivity contribution < 1.29 is 19.4 Å². The van der Waals surface area contributed by atoms with Crippen LogP contribution in [-0.4, -0.2) is 35.8 Å². The minimum Gasteiger partial charge on any atom is -0.493 e. The molecule has 5 nitrogen and oxygen atoms in total. The number of rotatable bonds is 5. The van der Waals surface area contributed by atoms with Crippen LogP contribution in [0.25, 0.3) is 0 Å². The molecule has 104 valence electrons. The van der Waals surface area contributed by atoms with Crippen LogP contribution in [0, 0.1) is 0 Å². The van der Waals surface area contributed by atoms with E-state index in [4.69, 9.17) is 20.3 Å². The van der Waals surface area contributed by atoms with Gasteiger partial charge in [0.2, 0.25) is 0 Å². The number of benzene rings is 1. The summed E-state index contributed by atoms with van der Waals surface area (Å²) in [5, 5.41) is 8.90. The van der Waals surface area contributed by atoms with Crippen molar-refractivity contribution in [2.24, 2.45) is 5.73 Å². The molecule has 1 aliphatic heterocycles. The van der Waals surface area contributed by atoms with Gasteiger partial charge in [0.05, 0.1) is 7.11 Å². The van der Waals surface area contributed by atoms with E-state index in [1.807, 2.05) is 11.8 Å². The van der Waals surface area contributed by atoms with E-state index in [0.29, 0.717) is 17.1 Å². The molecule has 0 aliphatic carbocycles. The zero-order chi connectivity index (χ0) is 13.8. The second kappa shape index (κ2) is 6.16. The minimum absolute atomic E-state index is 0.192. The SMILES string of the molecule is COc1cc(C(N)C(=O)O)ccc1OC1CCSC1. The largest absolute Gasteiger partial charge is 0.493 e. The molecule has 19 heavy (non-hydrogen) atoms. The number of carboxylic acids is 1. The first-order valence-corrected chi connectivity index (χ1v) is 7.18. The zero-order valence-corrected chi connectivity index (χ0v) is 11.5. The van der Waals surface area contributed by atoms with Crippen molar-refractivity contribution in [2.45, 2.75) is 18.6 Å². The van der Waals surface area contributed by atoms with Crippen molar-refractivity contribution in [2.75, 3.05) is 18.6 Å². The summed E-state index contributed by atoms with van der Waals surface area (Å²) < 4.78 is 11.1. The normalized spacial score (nSPS) is 20.0. The van der Waals surface area contributed by atoms with E-state index < -0.39 is 12.0 Å². The molecule has 2 atom stereocenters. The smallest absolute Gasteiger partial charge is 0.325 e. The second-order valence-corrected chi connectivity index (χ2v) is 5.48. The summed E-state index contributed by atoms with van der Waals surface area (Å²) in [6.07, 6.45) is 1.21. The maximum atomic E-state index is 10.9. The predicted octanol–water partition coefficient (Wildman–Crippen LogP) is 1.66. The lowest BCUT2D eigenvalue weighted by Crippen LogP contribution is -2.21. The molecule has 0 spiro atoms. The van der Waals surface area contributed by atoms with Gasteiger partial charge in [-0.15, -0.1) is 0 Å². The van der Waals surface area contributed by atoms with E-state index in [1.54, 1.807) is 18.2 Å². The number of methoxy groups -OCH3 is 1. The van der Waals surface area contributed by atoms with Gasteiger partial charge in [-0.05, 0) is 29.9 Å². The maximum Gasteiger partial charge on any atom is 0.325 e. The fourth-order valence-electron chi connectivity index (χ4n) is 1.90. The lowest BCUT2D eigenvalue weighted by molar-refractivity contribution is -0.138. The summed E-state index contributed by atoms with van der Waals surface area (Å²) in [6.45, 7) is 0. The molecule has 0 amide bonds. The third kappa shape index (κ3) is 3.33. The van der Waals surface area contributed by atoms with E-state index in [0.717, 1.165) is 17.9 Å². The van der Waals surface area contributed by atoms with Crippen LogP contribution < -0.4 is 15.2 Å². The topological polar surface area (TPSA) is 81.8 Å². The highest BCUT2D eigenvalue weighted by molar-refractivity contribution is 7.99. The number of aliphatic carboxylic acids is 1. The summed E-state index contributed by atoms with van der Waals surface area (Å²) in [6, 6.07) is 3.96. The Morgan fingerprint density at radius 2 is 2.32 bits per heavy atom. The Labute approximate surface area is 116 Å². The highest BCUT2D eigenvalue weighted by Gasteiger charge is 2.21. The summed E-state index contributed by atoms with van der Waals surface area (Å²) in [5.74, 6) is 2.17. The Morgan fingerprint density at radius 3 is 2.89 bits per heavy atom. The molecule has 0 bridgehead atoms. The molecule has 0 radical (unpaired) electrons. The lowest BCUT2D eigenvalue weighted by atomic mass is 10.1. The third-order valence-electron chi connectivity index (χ3n) is 2.99. The molecular formula is C13H17NO4S. The van der Waals surface area contributed by atoms with Crippen LogP contribution in [0.3, 0.4) is 0 Å². The van der Waals surface area contributed by atoms with E-state index in [9.17, 15) is 4.79 Å². The van der Waals surface area contributed by atoms with Crippen molar-refractivity contribution in [3.63, 3.8) is 0 Å². The average Bonchev–Trinajstić information content (AvgIpc) is 2.91. The molecule has 0 saturated carbocycles. The van der Waals surface area contributed by atoms with Gasteiger partial charge in [0.25, 0.3) is 0 Å². The zero-order valence-electron chi connectivity index (χ0n) is 10.7. The standard InChI is InChI=1S/C13H17NO4S/c1-17-11-6-8(12(14)13(15)16)2-3-10(11)18-9-4-5-19-7-9/h2-3,6,9,12H,4-5,7,14H2,1H3,(H,15,16). The van der Waals surface area contributed by atoms with Gasteiger partial charge >= 0.3 is 5.97 Å². The maximum absolute atomic E-state index is 10.9. The van der Waals surface area contributed by atoms with E-state index in [1.165, 1.54) is 7.11 Å². The van der Waals surface area contributed by atoms with Gasteiger partial charge in [-0.3, -0.25) is 4.79 Å². The second-order valence-electron chi connectivity index (χ2n) is 4.33. The molecule has 6 heteroatoms. The fourth-order valence-corrected chi connectivity index (χ4v) is 3.00. The Kier molecular flexibility index (Phi) is 4.55. The van der Waals surface area contributed by atoms with Crippen LogP contribution >= 0.6 is 11.8 Å². The number of nitrogens with two attached hydrogens (primary N) is 1. The van der Waals surface area contributed by atoms with Crippen molar-refractivity contribution in [3.8, 4) is 11.5 Å². The number of hydrogen-bond donors (Lipinski definition) is 2. The summed E-state index contributed by atoms with van der Waals surface area (Å²) in [4.78, 5) is 10.9. The summed E-state index contributed by atoms with van der Waals surface area (Å²) in [7, 11) is 1.53. The van der Waals surface area contributed by atoms with Crippen molar-refractivity contribution in [3.05, 3.63) is 23.8 Å². The van der Waals surface area contributed by atoms with Gasteiger partial charge in [-0.2, -0.15) is 11.8 Å². The van der Waals surface area contributed by atoms with Gasteiger partial charge in [-0.1, -0.05) is 6.07 Å². The first kappa shape index (κ1) is 14.0. The van der Waals surface area contributed by atoms with Gasteiger partial charge in [0.1, 0.15) is 12.1 Å². The number of thioether (sulfide) groups is 1. The third-order valence-corrected chi connectivity index (χ3v) is 4.13. The van der Waals surface area contributed by atoms with Crippen LogP contribution in [0.15, 0.2) is 18.2 Å². The Morgan fingerprint density at radius 1 is 1.53 bits per heavy atom. The first-order chi connectivity index (χ1) is 9.11. The van der Waals surface area contributed by atoms with Gasteiger partial charge < -0.3 is 20.3 Å². The van der Waals surface area contributed by atoms with Crippen LogP contribution in [0.4, 0.5) is 0 Å². The molecule has 1 aliphatic rings. The molecule has 1 heterocycles.